The molecule has 0 atom stereocenters. The molecule has 1 N–H and O–H groups in total. The summed E-state index contributed by atoms with van der Waals surface area (Å²) in [5.41, 5.74) is 2.96. The summed E-state index contributed by atoms with van der Waals surface area (Å²) >= 11 is 1.42. The van der Waals surface area contributed by atoms with Gasteiger partial charge in [0.2, 0.25) is 0 Å². The third-order valence-corrected chi connectivity index (χ3v) is 2.98. The minimum absolute atomic E-state index is 0.184. The van der Waals surface area contributed by atoms with E-state index in [4.69, 9.17) is 0 Å². The Morgan fingerprint density at radius 1 is 1.47 bits per heavy atom. The van der Waals surface area contributed by atoms with E-state index in [9.17, 15) is 4.79 Å². The van der Waals surface area contributed by atoms with Crippen LogP contribution >= 0.6 is 11.8 Å². The Balaban J connectivity index is 2.40. The summed E-state index contributed by atoms with van der Waals surface area (Å²) in [6.07, 6.45) is 3.58. The summed E-state index contributed by atoms with van der Waals surface area (Å²) in [4.78, 5) is 23.0. The second-order valence-corrected chi connectivity index (χ2v) is 4.03. The van der Waals surface area contributed by atoms with Crippen molar-refractivity contribution in [2.45, 2.75) is 5.16 Å². The summed E-state index contributed by atoms with van der Waals surface area (Å²) in [7, 11) is 0. The van der Waals surface area contributed by atoms with Crippen LogP contribution in [-0.4, -0.2) is 21.2 Å². The first-order valence-corrected chi connectivity index (χ1v) is 5.67. The predicted molar refractivity (Wildman–Crippen MR) is 58.9 cm³/mol. The zero-order valence-electron chi connectivity index (χ0n) is 7.94. The van der Waals surface area contributed by atoms with Gasteiger partial charge in [-0.2, -0.15) is 4.98 Å². The van der Waals surface area contributed by atoms with Gasteiger partial charge in [-0.1, -0.05) is 11.8 Å². The maximum Gasteiger partial charge on any atom is 0.282 e. The van der Waals surface area contributed by atoms with Crippen LogP contribution in [0.25, 0.3) is 22.5 Å². The lowest BCUT2D eigenvalue weighted by Gasteiger charge is -2.01. The highest BCUT2D eigenvalue weighted by Gasteiger charge is 2.21. The molecule has 1 aliphatic carbocycles. The molecule has 0 fully saturated rings. The summed E-state index contributed by atoms with van der Waals surface area (Å²) in [6.45, 7) is 0. The Hall–Kier alpha value is -1.62. The highest BCUT2D eigenvalue weighted by atomic mass is 32.2. The number of fused-ring (bicyclic) bond motifs is 5. The number of nitrogens with zero attached hydrogens (tertiary/aromatic N) is 2. The Morgan fingerprint density at radius 3 is 3.13 bits per heavy atom. The smallest absolute Gasteiger partial charge is 0.282 e. The van der Waals surface area contributed by atoms with Crippen molar-refractivity contribution in [3.63, 3.8) is 0 Å². The van der Waals surface area contributed by atoms with E-state index in [1.807, 2.05) is 18.4 Å². The quantitative estimate of drug-likeness (QED) is 0.496. The average Bonchev–Trinajstić information content (AvgIpc) is 2.51. The van der Waals surface area contributed by atoms with Crippen LogP contribution in [0, 0.1) is 0 Å². The molecule has 0 amide bonds. The lowest BCUT2D eigenvalue weighted by molar-refractivity contribution is 0.950. The lowest BCUT2D eigenvalue weighted by atomic mass is 10.2. The number of H-pyrrole nitrogens is 1. The second kappa shape index (κ2) is 2.93. The Bertz CT molecular complexity index is 606. The topological polar surface area (TPSA) is 58.6 Å². The number of aromatic amines is 1. The van der Waals surface area contributed by atoms with Gasteiger partial charge in [0.25, 0.3) is 5.56 Å². The molecule has 15 heavy (non-hydrogen) atoms. The normalized spacial score (nSPS) is 11.5. The monoisotopic (exact) mass is 217 g/mol. The fourth-order valence-corrected chi connectivity index (χ4v) is 2.11. The fraction of sp³-hybridized carbons (Fsp3) is 0.100. The van der Waals surface area contributed by atoms with Gasteiger partial charge in [0.05, 0.1) is 17.0 Å². The number of nitrogens with one attached hydrogen (secondary N) is 1. The molecule has 0 unspecified atom stereocenters. The third-order valence-electron chi connectivity index (χ3n) is 2.40. The largest absolute Gasteiger partial charge is 0.332 e. The van der Waals surface area contributed by atoms with Gasteiger partial charge < -0.3 is 4.98 Å². The lowest BCUT2D eigenvalue weighted by Crippen LogP contribution is -2.11. The number of pyridine rings is 1. The van der Waals surface area contributed by atoms with Crippen molar-refractivity contribution < 1.29 is 0 Å². The molecule has 2 aromatic rings. The van der Waals surface area contributed by atoms with Crippen molar-refractivity contribution in [3.8, 4) is 22.5 Å². The predicted octanol–water partition coefficient (Wildman–Crippen LogP) is 1.53. The van der Waals surface area contributed by atoms with Gasteiger partial charge in [-0.15, -0.1) is 0 Å². The first-order chi connectivity index (χ1) is 7.29. The Labute approximate surface area is 89.8 Å². The highest BCUT2D eigenvalue weighted by molar-refractivity contribution is 7.98. The number of aromatic nitrogens is 3. The van der Waals surface area contributed by atoms with E-state index < -0.39 is 0 Å². The van der Waals surface area contributed by atoms with E-state index in [-0.39, 0.29) is 5.56 Å². The maximum absolute atomic E-state index is 11.8. The molecule has 2 bridgehead atoms. The number of hydrogen-bond donors (Lipinski definition) is 1. The fourth-order valence-electron chi connectivity index (χ4n) is 1.73. The number of hydrogen-bond acceptors (Lipinski definition) is 4. The summed E-state index contributed by atoms with van der Waals surface area (Å²) in [5, 5.41) is 0.628. The van der Waals surface area contributed by atoms with Gasteiger partial charge in [-0.05, 0) is 24.0 Å². The van der Waals surface area contributed by atoms with Gasteiger partial charge in [-0.25, -0.2) is 0 Å². The minimum Gasteiger partial charge on any atom is -0.332 e. The molecule has 2 aromatic heterocycles. The third kappa shape index (κ3) is 1.13. The standard InChI is InChI=1S/C10H7N3OS/c1-15-10-12-8-6-4-5(2-3-11-6)7(8)9(14)13-10/h2-4H,1H3,(H,12,13,14). The van der Waals surface area contributed by atoms with E-state index in [0.29, 0.717) is 10.7 Å². The van der Waals surface area contributed by atoms with Crippen LogP contribution in [-0.2, 0) is 0 Å². The van der Waals surface area contributed by atoms with Crippen molar-refractivity contribution in [1.29, 1.82) is 0 Å². The molecule has 4 nitrogen and oxygen atoms in total. The summed E-state index contributed by atoms with van der Waals surface area (Å²) < 4.78 is 0. The molecule has 0 saturated carbocycles. The van der Waals surface area contributed by atoms with Gasteiger partial charge >= 0.3 is 0 Å². The Morgan fingerprint density at radius 2 is 2.33 bits per heavy atom. The van der Waals surface area contributed by atoms with Crippen LogP contribution in [0.4, 0.5) is 0 Å². The summed E-state index contributed by atoms with van der Waals surface area (Å²) in [6, 6.07) is 3.72. The molecule has 3 rings (SSSR count). The molecule has 0 saturated heterocycles. The van der Waals surface area contributed by atoms with Crippen molar-refractivity contribution in [2.24, 2.45) is 0 Å². The molecule has 0 aromatic carbocycles. The molecule has 5 heteroatoms. The molecular formula is C10H7N3OS. The number of thioether (sulfide) groups is 1. The molecule has 0 radical (unpaired) electrons. The van der Waals surface area contributed by atoms with Crippen molar-refractivity contribution >= 4 is 11.8 Å². The van der Waals surface area contributed by atoms with E-state index in [1.54, 1.807) is 6.20 Å². The van der Waals surface area contributed by atoms with Gasteiger partial charge in [-0.3, -0.25) is 9.78 Å². The molecule has 0 spiro atoms. The van der Waals surface area contributed by atoms with Crippen LogP contribution in [0.3, 0.4) is 0 Å². The highest BCUT2D eigenvalue weighted by Crippen LogP contribution is 2.34. The van der Waals surface area contributed by atoms with E-state index in [1.165, 1.54) is 11.8 Å². The van der Waals surface area contributed by atoms with E-state index in [2.05, 4.69) is 15.0 Å². The Kier molecular flexibility index (Phi) is 1.70. The van der Waals surface area contributed by atoms with E-state index in [0.717, 1.165) is 17.0 Å². The second-order valence-electron chi connectivity index (χ2n) is 3.23. The van der Waals surface area contributed by atoms with Crippen molar-refractivity contribution in [1.82, 2.24) is 15.0 Å². The maximum atomic E-state index is 11.8. The first kappa shape index (κ1) is 8.67. The van der Waals surface area contributed by atoms with E-state index >= 15 is 0 Å². The van der Waals surface area contributed by atoms with Crippen molar-refractivity contribution in [2.75, 3.05) is 6.26 Å². The molecule has 1 aliphatic rings. The van der Waals surface area contributed by atoms with Crippen LogP contribution in [0.5, 0.6) is 0 Å². The minimum atomic E-state index is -0.184. The van der Waals surface area contributed by atoms with Gasteiger partial charge in [0.15, 0.2) is 5.16 Å². The zero-order chi connectivity index (χ0) is 10.4. The van der Waals surface area contributed by atoms with Gasteiger partial charge in [0, 0.05) is 6.20 Å². The van der Waals surface area contributed by atoms with Crippen molar-refractivity contribution in [3.05, 3.63) is 28.7 Å². The molecule has 0 aliphatic heterocycles. The van der Waals surface area contributed by atoms with Crippen LogP contribution in [0.2, 0.25) is 0 Å². The summed E-state index contributed by atoms with van der Waals surface area (Å²) in [5.74, 6) is 0. The van der Waals surface area contributed by atoms with Crippen LogP contribution in [0.15, 0.2) is 28.3 Å². The molecule has 74 valence electrons. The molecular weight excluding hydrogens is 210 g/mol. The molecule has 2 heterocycles. The first-order valence-electron chi connectivity index (χ1n) is 4.44. The SMILES string of the molecule is CSc1nc(=O)c2c([nH]1)-c1cc-2ccn1. The zero-order valence-corrected chi connectivity index (χ0v) is 8.76. The average molecular weight is 217 g/mol. The van der Waals surface area contributed by atoms with Gasteiger partial charge in [0.1, 0.15) is 0 Å². The van der Waals surface area contributed by atoms with Crippen LogP contribution in [0.1, 0.15) is 0 Å². The number of rotatable bonds is 1. The van der Waals surface area contributed by atoms with Crippen LogP contribution < -0.4 is 5.56 Å².